The van der Waals surface area contributed by atoms with Gasteiger partial charge in [-0.3, -0.25) is 4.84 Å². The van der Waals surface area contributed by atoms with E-state index in [0.717, 1.165) is 6.42 Å². The molecule has 2 rings (SSSR count). The van der Waals surface area contributed by atoms with Crippen molar-refractivity contribution in [2.24, 2.45) is 5.92 Å². The number of aliphatic hydroxyl groups excluding tert-OH is 1. The van der Waals surface area contributed by atoms with Gasteiger partial charge in [0, 0.05) is 24.6 Å². The summed E-state index contributed by atoms with van der Waals surface area (Å²) < 4.78 is 6.52. The SMILES string of the molecule is CCCCCCCCC[C@H]1C[C@@H]2CC[C@@H]([C@@H](CO[Si](C)(C)C(C)(C)C)[C@H](C)O)N2O1. The van der Waals surface area contributed by atoms with Gasteiger partial charge in [-0.1, -0.05) is 72.6 Å². The number of hydrogen-bond donors (Lipinski definition) is 1. The zero-order chi connectivity index (χ0) is 22.4. The number of hydroxylamine groups is 2. The van der Waals surface area contributed by atoms with Crippen molar-refractivity contribution in [3.05, 3.63) is 0 Å². The Morgan fingerprint density at radius 1 is 1.07 bits per heavy atom. The van der Waals surface area contributed by atoms with Crippen LogP contribution in [0.1, 0.15) is 105 Å². The fourth-order valence-corrected chi connectivity index (χ4v) is 5.83. The second-order valence-corrected chi connectivity index (χ2v) is 16.3. The number of unbranched alkanes of at least 4 members (excludes halogenated alkanes) is 6. The molecule has 30 heavy (non-hydrogen) atoms. The zero-order valence-electron chi connectivity index (χ0n) is 21.1. The van der Waals surface area contributed by atoms with Gasteiger partial charge in [0.1, 0.15) is 0 Å². The van der Waals surface area contributed by atoms with Crippen molar-refractivity contribution >= 4 is 8.32 Å². The van der Waals surface area contributed by atoms with Crippen LogP contribution in [0.2, 0.25) is 18.1 Å². The average Bonchev–Trinajstić information content (AvgIpc) is 3.21. The van der Waals surface area contributed by atoms with Gasteiger partial charge < -0.3 is 9.53 Å². The molecule has 2 heterocycles. The highest BCUT2D eigenvalue weighted by atomic mass is 28.4. The average molecular weight is 442 g/mol. The van der Waals surface area contributed by atoms with E-state index in [1.807, 2.05) is 6.92 Å². The summed E-state index contributed by atoms with van der Waals surface area (Å²) in [6, 6.07) is 0.831. The van der Waals surface area contributed by atoms with Gasteiger partial charge in [0.05, 0.1) is 12.2 Å². The quantitative estimate of drug-likeness (QED) is 0.255. The standard InChI is InChI=1S/C25H51NO3Si/c1-8-9-10-11-12-13-14-15-22-18-21-16-17-24(26(21)29-22)23(20(2)27)19-28-30(6,7)25(3,4)5/h20-24,27H,8-19H2,1-7H3/t20-,21-,22-,23-,24-/m0/s1. The molecule has 0 aromatic carbocycles. The molecule has 2 aliphatic rings. The Morgan fingerprint density at radius 3 is 2.30 bits per heavy atom. The molecule has 4 nitrogen and oxygen atoms in total. The molecule has 0 amide bonds. The second kappa shape index (κ2) is 11.8. The van der Waals surface area contributed by atoms with Gasteiger partial charge in [0.25, 0.3) is 0 Å². The maximum atomic E-state index is 10.6. The first-order chi connectivity index (χ1) is 14.1. The Hall–Kier alpha value is 0.0569. The molecule has 0 unspecified atom stereocenters. The third-order valence-corrected chi connectivity index (χ3v) is 12.5. The van der Waals surface area contributed by atoms with Gasteiger partial charge in [-0.15, -0.1) is 0 Å². The third-order valence-electron chi connectivity index (χ3n) is 7.97. The number of fused-ring (bicyclic) bond motifs is 1. The van der Waals surface area contributed by atoms with Crippen LogP contribution < -0.4 is 0 Å². The Bertz CT molecular complexity index is 491. The Kier molecular flexibility index (Phi) is 10.3. The summed E-state index contributed by atoms with van der Waals surface area (Å²) in [7, 11) is -1.82. The van der Waals surface area contributed by atoms with Crippen LogP contribution in [-0.4, -0.2) is 49.4 Å². The van der Waals surface area contributed by atoms with Crippen molar-refractivity contribution in [1.82, 2.24) is 5.06 Å². The summed E-state index contributed by atoms with van der Waals surface area (Å²) in [6.07, 6.45) is 14.2. The summed E-state index contributed by atoms with van der Waals surface area (Å²) in [6.45, 7) is 16.3. The molecule has 0 aliphatic carbocycles. The van der Waals surface area contributed by atoms with Crippen LogP contribution in [0.5, 0.6) is 0 Å². The van der Waals surface area contributed by atoms with Gasteiger partial charge >= 0.3 is 0 Å². The molecular weight excluding hydrogens is 390 g/mol. The molecule has 0 spiro atoms. The van der Waals surface area contributed by atoms with Gasteiger partial charge in [-0.25, -0.2) is 0 Å². The lowest BCUT2D eigenvalue weighted by Crippen LogP contribution is -2.47. The summed E-state index contributed by atoms with van der Waals surface area (Å²) in [5.74, 6) is 0.126. The topological polar surface area (TPSA) is 41.9 Å². The first kappa shape index (κ1) is 26.3. The van der Waals surface area contributed by atoms with E-state index in [1.54, 1.807) is 0 Å². The number of aliphatic hydroxyl groups is 1. The van der Waals surface area contributed by atoms with Crippen molar-refractivity contribution in [1.29, 1.82) is 0 Å². The van der Waals surface area contributed by atoms with E-state index in [-0.39, 0.29) is 17.1 Å². The van der Waals surface area contributed by atoms with E-state index in [4.69, 9.17) is 9.26 Å². The van der Waals surface area contributed by atoms with Gasteiger partial charge in [-0.05, 0) is 50.7 Å². The summed E-state index contributed by atoms with van der Waals surface area (Å²) in [5, 5.41) is 13.0. The van der Waals surface area contributed by atoms with Crippen LogP contribution >= 0.6 is 0 Å². The zero-order valence-corrected chi connectivity index (χ0v) is 22.1. The maximum absolute atomic E-state index is 10.6. The normalized spacial score (nSPS) is 27.4. The van der Waals surface area contributed by atoms with Gasteiger partial charge in [-0.2, -0.15) is 5.06 Å². The van der Waals surface area contributed by atoms with E-state index in [9.17, 15) is 5.11 Å². The molecule has 178 valence electrons. The molecule has 2 aliphatic heterocycles. The largest absolute Gasteiger partial charge is 0.416 e. The van der Waals surface area contributed by atoms with Crippen LogP contribution in [0.25, 0.3) is 0 Å². The molecule has 2 saturated heterocycles. The predicted molar refractivity (Wildman–Crippen MR) is 129 cm³/mol. The molecule has 1 N–H and O–H groups in total. The molecule has 2 fully saturated rings. The maximum Gasteiger partial charge on any atom is 0.191 e. The molecule has 5 atom stereocenters. The molecule has 0 bridgehead atoms. The van der Waals surface area contributed by atoms with Crippen LogP contribution in [0.3, 0.4) is 0 Å². The minimum atomic E-state index is -1.82. The van der Waals surface area contributed by atoms with E-state index in [2.05, 4.69) is 45.9 Å². The lowest BCUT2D eigenvalue weighted by atomic mass is 9.94. The monoisotopic (exact) mass is 441 g/mol. The number of nitrogens with zero attached hydrogens (tertiary/aromatic N) is 1. The molecule has 0 aromatic rings. The highest BCUT2D eigenvalue weighted by molar-refractivity contribution is 6.74. The third kappa shape index (κ3) is 7.30. The molecule has 5 heteroatoms. The first-order valence-corrected chi connectivity index (χ1v) is 15.7. The van der Waals surface area contributed by atoms with Gasteiger partial charge in [0.15, 0.2) is 8.32 Å². The summed E-state index contributed by atoms with van der Waals surface area (Å²) >= 11 is 0. The first-order valence-electron chi connectivity index (χ1n) is 12.8. The highest BCUT2D eigenvalue weighted by Crippen LogP contribution is 2.41. The second-order valence-electron chi connectivity index (χ2n) is 11.5. The summed E-state index contributed by atoms with van der Waals surface area (Å²) in [5.41, 5.74) is 0. The smallest absolute Gasteiger partial charge is 0.191 e. The minimum Gasteiger partial charge on any atom is -0.416 e. The van der Waals surface area contributed by atoms with E-state index >= 15 is 0 Å². The van der Waals surface area contributed by atoms with Crippen LogP contribution in [-0.2, 0) is 9.26 Å². The van der Waals surface area contributed by atoms with Gasteiger partial charge in [0.2, 0.25) is 0 Å². The minimum absolute atomic E-state index is 0.126. The molecule has 0 aromatic heterocycles. The fourth-order valence-electron chi connectivity index (χ4n) is 4.79. The van der Waals surface area contributed by atoms with Crippen LogP contribution in [0.4, 0.5) is 0 Å². The number of rotatable bonds is 13. The molecular formula is C25H51NO3Si. The Labute approximate surface area is 188 Å². The van der Waals surface area contributed by atoms with E-state index in [0.29, 0.717) is 24.8 Å². The highest BCUT2D eigenvalue weighted by Gasteiger charge is 2.47. The van der Waals surface area contributed by atoms with Crippen molar-refractivity contribution in [2.75, 3.05) is 6.61 Å². The Balaban J connectivity index is 1.81. The molecule has 0 saturated carbocycles. The van der Waals surface area contributed by atoms with Crippen molar-refractivity contribution in [3.63, 3.8) is 0 Å². The van der Waals surface area contributed by atoms with Crippen LogP contribution in [0.15, 0.2) is 0 Å². The lowest BCUT2D eigenvalue weighted by molar-refractivity contribution is -0.192. The van der Waals surface area contributed by atoms with Crippen molar-refractivity contribution < 1.29 is 14.4 Å². The number of hydrogen-bond acceptors (Lipinski definition) is 4. The summed E-state index contributed by atoms with van der Waals surface area (Å²) in [4.78, 5) is 6.45. The van der Waals surface area contributed by atoms with Crippen molar-refractivity contribution in [3.8, 4) is 0 Å². The fraction of sp³-hybridized carbons (Fsp3) is 1.00. The predicted octanol–water partition coefficient (Wildman–Crippen LogP) is 6.68. The van der Waals surface area contributed by atoms with E-state index in [1.165, 1.54) is 64.2 Å². The van der Waals surface area contributed by atoms with Crippen molar-refractivity contribution in [2.45, 2.75) is 148 Å². The van der Waals surface area contributed by atoms with E-state index < -0.39 is 8.32 Å². The van der Waals surface area contributed by atoms with Crippen LogP contribution in [0, 0.1) is 5.92 Å². The Morgan fingerprint density at radius 2 is 1.70 bits per heavy atom. The lowest BCUT2D eigenvalue weighted by Gasteiger charge is -2.39. The molecule has 0 radical (unpaired) electrons.